The van der Waals surface area contributed by atoms with Gasteiger partial charge in [-0.05, 0) is 25.9 Å². The summed E-state index contributed by atoms with van der Waals surface area (Å²) >= 11 is 0. The predicted octanol–water partition coefficient (Wildman–Crippen LogP) is -7.54. The number of nitrogens with one attached hydrogen (secondary N) is 3. The van der Waals surface area contributed by atoms with Crippen molar-refractivity contribution in [3.05, 3.63) is 0 Å². The van der Waals surface area contributed by atoms with Crippen molar-refractivity contribution in [2.24, 2.45) is 0 Å². The molecule has 0 heterocycles. The molecule has 0 aromatic carbocycles. The lowest BCUT2D eigenvalue weighted by Gasteiger charge is -2.25. The maximum Gasteiger partial charge on any atom is 0.251 e. The third-order valence-corrected chi connectivity index (χ3v) is 4.71. The maximum absolute atomic E-state index is 11.7. The fraction of sp³-hybridized carbons (Fsp3) is 0.889. The minimum atomic E-state index is -2.00. The number of rotatable bonds is 18. The van der Waals surface area contributed by atoms with E-state index in [0.29, 0.717) is 25.9 Å². The molecule has 0 bridgehead atoms. The zero-order chi connectivity index (χ0) is 25.6. The van der Waals surface area contributed by atoms with Gasteiger partial charge in [0.05, 0.1) is 13.2 Å². The van der Waals surface area contributed by atoms with Crippen molar-refractivity contribution < 1.29 is 60.7 Å². The number of carbonyl (C=O) groups is 2. The van der Waals surface area contributed by atoms with E-state index in [4.69, 9.17) is 10.2 Å². The molecule has 0 aliphatic rings. The van der Waals surface area contributed by atoms with Crippen LogP contribution in [0.1, 0.15) is 12.8 Å². The van der Waals surface area contributed by atoms with Gasteiger partial charge in [0.2, 0.25) is 0 Å². The zero-order valence-electron chi connectivity index (χ0n) is 18.1. The van der Waals surface area contributed by atoms with Crippen LogP contribution >= 0.6 is 0 Å². The summed E-state index contributed by atoms with van der Waals surface area (Å²) in [7, 11) is 0. The van der Waals surface area contributed by atoms with E-state index >= 15 is 0 Å². The largest absolute Gasteiger partial charge is 0.394 e. The van der Waals surface area contributed by atoms with Gasteiger partial charge < -0.3 is 67.0 Å². The standard InChI is InChI=1S/C18H37N3O12/c22-7-9(24)11(26)13(28)15(30)17(32)20-5-1-3-19-4-2-6-21-18(33)16(31)14(29)12(27)10(25)8-23/h9-16,19,22-31H,1-8H2,(H,20,32)(H,21,33)/t9-,10-,11-,12-,13-,14+,15-,16-/m1/s1. The number of aliphatic hydroxyl groups excluding tert-OH is 10. The highest BCUT2D eigenvalue weighted by Gasteiger charge is 2.34. The summed E-state index contributed by atoms with van der Waals surface area (Å²) < 4.78 is 0. The second-order valence-corrected chi connectivity index (χ2v) is 7.39. The molecule has 0 spiro atoms. The summed E-state index contributed by atoms with van der Waals surface area (Å²) in [4.78, 5) is 23.4. The summed E-state index contributed by atoms with van der Waals surface area (Å²) in [6.45, 7) is -0.602. The summed E-state index contributed by atoms with van der Waals surface area (Å²) in [6.07, 6.45) is -14.3. The van der Waals surface area contributed by atoms with Crippen LogP contribution in [0.5, 0.6) is 0 Å². The van der Waals surface area contributed by atoms with Crippen LogP contribution in [0.4, 0.5) is 0 Å². The van der Waals surface area contributed by atoms with Gasteiger partial charge in [-0.25, -0.2) is 0 Å². The molecule has 0 radical (unpaired) electrons. The van der Waals surface area contributed by atoms with Crippen molar-refractivity contribution in [2.45, 2.75) is 61.7 Å². The number of hydrogen-bond donors (Lipinski definition) is 13. The predicted molar refractivity (Wildman–Crippen MR) is 110 cm³/mol. The first-order valence-electron chi connectivity index (χ1n) is 10.4. The molecule has 0 aromatic rings. The Labute approximate surface area is 190 Å². The Balaban J connectivity index is 3.93. The van der Waals surface area contributed by atoms with Gasteiger partial charge in [-0.2, -0.15) is 0 Å². The van der Waals surface area contributed by atoms with Crippen LogP contribution in [0, 0.1) is 0 Å². The average molecular weight is 488 g/mol. The van der Waals surface area contributed by atoms with Crippen molar-refractivity contribution in [1.29, 1.82) is 0 Å². The third kappa shape index (κ3) is 11.5. The molecule has 196 valence electrons. The minimum Gasteiger partial charge on any atom is -0.394 e. The summed E-state index contributed by atoms with van der Waals surface area (Å²) in [5.74, 6) is -1.93. The highest BCUT2D eigenvalue weighted by molar-refractivity contribution is 5.81. The third-order valence-electron chi connectivity index (χ3n) is 4.71. The number of amides is 2. The van der Waals surface area contributed by atoms with Crippen LogP contribution in [-0.2, 0) is 9.59 Å². The molecular formula is C18H37N3O12. The molecule has 2 amide bonds. The van der Waals surface area contributed by atoms with Gasteiger partial charge in [-0.3, -0.25) is 9.59 Å². The number of hydrogen-bond acceptors (Lipinski definition) is 13. The van der Waals surface area contributed by atoms with E-state index in [-0.39, 0.29) is 13.1 Å². The zero-order valence-corrected chi connectivity index (χ0v) is 18.1. The monoisotopic (exact) mass is 487 g/mol. The Bertz CT molecular complexity index is 512. The van der Waals surface area contributed by atoms with E-state index < -0.39 is 73.9 Å². The molecule has 8 atom stereocenters. The lowest BCUT2D eigenvalue weighted by molar-refractivity contribution is -0.149. The van der Waals surface area contributed by atoms with Crippen molar-refractivity contribution in [3.8, 4) is 0 Å². The van der Waals surface area contributed by atoms with E-state index in [9.17, 15) is 50.4 Å². The van der Waals surface area contributed by atoms with Crippen molar-refractivity contribution in [1.82, 2.24) is 16.0 Å². The molecule has 0 saturated carbocycles. The molecular weight excluding hydrogens is 450 g/mol. The smallest absolute Gasteiger partial charge is 0.251 e. The van der Waals surface area contributed by atoms with Crippen molar-refractivity contribution >= 4 is 11.8 Å². The van der Waals surface area contributed by atoms with Crippen LogP contribution in [0.15, 0.2) is 0 Å². The number of aliphatic hydroxyl groups is 10. The molecule has 33 heavy (non-hydrogen) atoms. The molecule has 0 aliphatic carbocycles. The first-order valence-corrected chi connectivity index (χ1v) is 10.4. The normalized spacial score (nSPS) is 19.0. The van der Waals surface area contributed by atoms with Gasteiger partial charge in [-0.15, -0.1) is 0 Å². The van der Waals surface area contributed by atoms with Crippen molar-refractivity contribution in [2.75, 3.05) is 39.4 Å². The molecule has 0 unspecified atom stereocenters. The first-order chi connectivity index (χ1) is 15.5. The molecule has 0 aliphatic heterocycles. The van der Waals surface area contributed by atoms with Crippen LogP contribution in [0.3, 0.4) is 0 Å². The van der Waals surface area contributed by atoms with Crippen molar-refractivity contribution in [3.63, 3.8) is 0 Å². The lowest BCUT2D eigenvalue weighted by atomic mass is 10.0. The van der Waals surface area contributed by atoms with E-state index in [1.807, 2.05) is 0 Å². The van der Waals surface area contributed by atoms with Crippen LogP contribution in [0.25, 0.3) is 0 Å². The quantitative estimate of drug-likeness (QED) is 0.0801. The fourth-order valence-corrected chi connectivity index (χ4v) is 2.54. The highest BCUT2D eigenvalue weighted by Crippen LogP contribution is 2.06. The van der Waals surface area contributed by atoms with Gasteiger partial charge in [-0.1, -0.05) is 0 Å². The molecule has 0 saturated heterocycles. The van der Waals surface area contributed by atoms with Gasteiger partial charge in [0.25, 0.3) is 11.8 Å². The Morgan fingerprint density at radius 1 is 0.545 bits per heavy atom. The van der Waals surface area contributed by atoms with Gasteiger partial charge >= 0.3 is 0 Å². The topological polar surface area (TPSA) is 273 Å². The summed E-state index contributed by atoms with van der Waals surface area (Å²) in [5, 5.41) is 101. The van der Waals surface area contributed by atoms with Gasteiger partial charge in [0.15, 0.2) is 12.2 Å². The molecule has 0 rings (SSSR count). The van der Waals surface area contributed by atoms with E-state index in [1.54, 1.807) is 0 Å². The summed E-state index contributed by atoms with van der Waals surface area (Å²) in [6, 6.07) is 0. The van der Waals surface area contributed by atoms with Crippen LogP contribution < -0.4 is 16.0 Å². The van der Waals surface area contributed by atoms with E-state index in [0.717, 1.165) is 0 Å². The molecule has 0 fully saturated rings. The molecule has 0 aromatic heterocycles. The number of carbonyl (C=O) groups excluding carboxylic acids is 2. The van der Waals surface area contributed by atoms with Crippen LogP contribution in [0.2, 0.25) is 0 Å². The maximum atomic E-state index is 11.7. The van der Waals surface area contributed by atoms with Gasteiger partial charge in [0, 0.05) is 13.1 Å². The van der Waals surface area contributed by atoms with E-state index in [1.165, 1.54) is 0 Å². The SMILES string of the molecule is O=C(NCCCNCCCNC(=O)[C@H](O)[C@@H](O)[C@H](O)[C@H](O)CO)[C@H](O)[C@H](O)[C@H](O)[C@H](O)CO. The lowest BCUT2D eigenvalue weighted by Crippen LogP contribution is -2.51. The molecule has 15 heteroatoms. The Morgan fingerprint density at radius 3 is 1.18 bits per heavy atom. The van der Waals surface area contributed by atoms with Crippen LogP contribution in [-0.4, -0.2) is 151 Å². The average Bonchev–Trinajstić information content (AvgIpc) is 2.83. The minimum absolute atomic E-state index is 0.122. The molecule has 13 N–H and O–H groups in total. The summed E-state index contributed by atoms with van der Waals surface area (Å²) in [5.41, 5.74) is 0. The second kappa shape index (κ2) is 17.0. The van der Waals surface area contributed by atoms with E-state index in [2.05, 4.69) is 16.0 Å². The fourth-order valence-electron chi connectivity index (χ4n) is 2.54. The Morgan fingerprint density at radius 2 is 0.879 bits per heavy atom. The highest BCUT2D eigenvalue weighted by atomic mass is 16.4. The second-order valence-electron chi connectivity index (χ2n) is 7.39. The Kier molecular flexibility index (Phi) is 16.2. The Hall–Kier alpha value is -1.50. The molecule has 15 nitrogen and oxygen atoms in total. The van der Waals surface area contributed by atoms with Gasteiger partial charge in [0.1, 0.15) is 36.6 Å². The first kappa shape index (κ1) is 31.5.